The van der Waals surface area contributed by atoms with Crippen LogP contribution in [0.25, 0.3) is 0 Å². The van der Waals surface area contributed by atoms with Crippen LogP contribution in [-0.4, -0.2) is 77.6 Å². The van der Waals surface area contributed by atoms with Crippen LogP contribution in [0, 0.1) is 5.92 Å². The van der Waals surface area contributed by atoms with Gasteiger partial charge in [-0.2, -0.15) is 0 Å². The monoisotopic (exact) mass is 472 g/mol. The Morgan fingerprint density at radius 2 is 2.03 bits per heavy atom. The van der Waals surface area contributed by atoms with Gasteiger partial charge in [-0.1, -0.05) is 24.6 Å². The number of hydrogen-bond acceptors (Lipinski definition) is 6. The number of hydrogen-bond donors (Lipinski definition) is 3. The summed E-state index contributed by atoms with van der Waals surface area (Å²) in [4.78, 5) is 28.3. The van der Waals surface area contributed by atoms with E-state index in [1.54, 1.807) is 11.0 Å². The average molecular weight is 473 g/mol. The van der Waals surface area contributed by atoms with Crippen molar-refractivity contribution in [2.75, 3.05) is 26.3 Å². The quantitative estimate of drug-likeness (QED) is 0.448. The molecule has 0 unspecified atom stereocenters. The van der Waals surface area contributed by atoms with Crippen molar-refractivity contribution in [3.05, 3.63) is 41.5 Å². The van der Waals surface area contributed by atoms with Gasteiger partial charge in [0.2, 0.25) is 11.8 Å². The van der Waals surface area contributed by atoms with Crippen LogP contribution in [0.5, 0.6) is 5.75 Å². The first kappa shape index (κ1) is 24.7. The van der Waals surface area contributed by atoms with Crippen LogP contribution >= 0.6 is 0 Å². The summed E-state index contributed by atoms with van der Waals surface area (Å²) >= 11 is 0. The molecule has 2 amide bonds. The molecule has 0 aromatic heterocycles. The van der Waals surface area contributed by atoms with Crippen molar-refractivity contribution >= 4 is 11.8 Å². The van der Waals surface area contributed by atoms with Gasteiger partial charge in [0.1, 0.15) is 18.0 Å². The average Bonchev–Trinajstić information content (AvgIpc) is 3.17. The van der Waals surface area contributed by atoms with Gasteiger partial charge >= 0.3 is 0 Å². The maximum absolute atomic E-state index is 13.4. The van der Waals surface area contributed by atoms with Crippen LogP contribution in [-0.2, 0) is 14.3 Å². The number of aliphatic hydroxyl groups is 2. The van der Waals surface area contributed by atoms with Gasteiger partial charge in [-0.25, -0.2) is 0 Å². The number of amides is 2. The third-order valence-corrected chi connectivity index (χ3v) is 6.97. The molecule has 34 heavy (non-hydrogen) atoms. The molecule has 2 aliphatic carbocycles. The molecule has 0 bridgehead atoms. The molecule has 3 aliphatic rings. The predicted octanol–water partition coefficient (Wildman–Crippen LogP) is 1.75. The maximum atomic E-state index is 13.4. The highest BCUT2D eigenvalue weighted by molar-refractivity contribution is 5.96. The topological polar surface area (TPSA) is 108 Å². The normalized spacial score (nSPS) is 25.6. The van der Waals surface area contributed by atoms with Gasteiger partial charge in [-0.05, 0) is 45.3 Å². The lowest BCUT2D eigenvalue weighted by Crippen LogP contribution is -2.57. The summed E-state index contributed by atoms with van der Waals surface area (Å²) < 4.78 is 11.8. The first-order valence-electron chi connectivity index (χ1n) is 12.4. The van der Waals surface area contributed by atoms with Gasteiger partial charge in [0, 0.05) is 36.8 Å². The number of ether oxygens (including phenoxy) is 2. The summed E-state index contributed by atoms with van der Waals surface area (Å²) in [7, 11) is 0. The van der Waals surface area contributed by atoms with Crippen molar-refractivity contribution in [1.29, 1.82) is 0 Å². The molecule has 4 rings (SSSR count). The van der Waals surface area contributed by atoms with Crippen LogP contribution in [0.15, 0.2) is 35.9 Å². The summed E-state index contributed by atoms with van der Waals surface area (Å²) in [5, 5.41) is 23.4. The minimum atomic E-state index is -0.984. The van der Waals surface area contributed by atoms with Gasteiger partial charge in [-0.3, -0.25) is 9.59 Å². The Morgan fingerprint density at radius 3 is 2.71 bits per heavy atom. The number of fused-ring (bicyclic) bond motifs is 3. The largest absolute Gasteiger partial charge is 0.486 e. The van der Waals surface area contributed by atoms with Crippen LogP contribution in [0.4, 0.5) is 0 Å². The summed E-state index contributed by atoms with van der Waals surface area (Å²) in [5.41, 5.74) is 1.31. The summed E-state index contributed by atoms with van der Waals surface area (Å²) in [6.45, 7) is 4.83. The Morgan fingerprint density at radius 1 is 1.26 bits per heavy atom. The van der Waals surface area contributed by atoms with Gasteiger partial charge in [0.05, 0.1) is 24.7 Å². The van der Waals surface area contributed by atoms with Crippen molar-refractivity contribution in [3.8, 4) is 5.75 Å². The van der Waals surface area contributed by atoms with Crippen molar-refractivity contribution in [1.82, 2.24) is 10.2 Å². The van der Waals surface area contributed by atoms with Crippen molar-refractivity contribution in [2.24, 2.45) is 5.92 Å². The molecule has 1 aromatic carbocycles. The molecule has 1 heterocycles. The van der Waals surface area contributed by atoms with Crippen LogP contribution in [0.3, 0.4) is 0 Å². The fourth-order valence-electron chi connectivity index (χ4n) is 5.04. The molecule has 0 saturated heterocycles. The molecule has 0 spiro atoms. The number of para-hydroxylation sites is 1. The van der Waals surface area contributed by atoms with E-state index in [1.807, 2.05) is 38.1 Å². The fourth-order valence-corrected chi connectivity index (χ4v) is 5.04. The number of aliphatic hydroxyl groups excluding tert-OH is 2. The number of nitrogens with zero attached hydrogens (tertiary/aromatic N) is 1. The predicted molar refractivity (Wildman–Crippen MR) is 126 cm³/mol. The molecular weight excluding hydrogens is 436 g/mol. The number of nitrogens with one attached hydrogen (secondary N) is 1. The van der Waals surface area contributed by atoms with E-state index in [1.165, 1.54) is 0 Å². The molecule has 0 radical (unpaired) electrons. The Balaban J connectivity index is 1.65. The molecule has 1 fully saturated rings. The summed E-state index contributed by atoms with van der Waals surface area (Å²) in [6, 6.07) is 6.79. The van der Waals surface area contributed by atoms with Crippen molar-refractivity contribution in [2.45, 2.75) is 69.8 Å². The smallest absolute Gasteiger partial charge is 0.247 e. The highest BCUT2D eigenvalue weighted by Crippen LogP contribution is 2.47. The number of carbonyl (C=O) groups excluding carboxylic acids is 2. The van der Waals surface area contributed by atoms with Gasteiger partial charge < -0.3 is 29.9 Å². The highest BCUT2D eigenvalue weighted by atomic mass is 16.5. The van der Waals surface area contributed by atoms with Crippen LogP contribution in [0.2, 0.25) is 0 Å². The zero-order chi connectivity index (χ0) is 24.2. The minimum absolute atomic E-state index is 0.0141. The Bertz CT molecular complexity index is 912. The minimum Gasteiger partial charge on any atom is -0.486 e. The zero-order valence-corrected chi connectivity index (χ0v) is 20.0. The van der Waals surface area contributed by atoms with Crippen molar-refractivity contribution < 1.29 is 29.3 Å². The third kappa shape index (κ3) is 4.99. The molecule has 3 N–H and O–H groups in total. The Hall–Kier alpha value is -2.42. The van der Waals surface area contributed by atoms with Gasteiger partial charge in [0.25, 0.3) is 0 Å². The SMILES string of the molecule is CC(C)OCCCN(C(=O)C1CCC1)[C@@H]1C=C(C(=O)NCCO)[C@@H]2c3ccccc3O[C@@H]2[C@H]1O. The van der Waals surface area contributed by atoms with Gasteiger partial charge in [0.15, 0.2) is 0 Å². The molecule has 1 aromatic rings. The number of benzene rings is 1. The molecule has 4 atom stereocenters. The third-order valence-electron chi connectivity index (χ3n) is 6.97. The van der Waals surface area contributed by atoms with E-state index in [4.69, 9.17) is 9.47 Å². The van der Waals surface area contributed by atoms with E-state index in [2.05, 4.69) is 5.32 Å². The molecular formula is C26H36N2O6. The number of rotatable bonds is 10. The second-order valence-corrected chi connectivity index (χ2v) is 9.61. The fraction of sp³-hybridized carbons (Fsp3) is 0.615. The second kappa shape index (κ2) is 10.9. The zero-order valence-electron chi connectivity index (χ0n) is 20.0. The lowest BCUT2D eigenvalue weighted by molar-refractivity contribution is -0.144. The Kier molecular flexibility index (Phi) is 7.91. The van der Waals surface area contributed by atoms with Gasteiger partial charge in [-0.15, -0.1) is 0 Å². The van der Waals surface area contributed by atoms with Crippen molar-refractivity contribution in [3.63, 3.8) is 0 Å². The standard InChI is InChI=1S/C26H36N2O6/c1-16(2)33-14-6-12-28(26(32)17-7-5-8-17)20-15-19(25(31)27-11-13-29)22-18-9-3-4-10-21(18)34-24(22)23(20)30/h3-4,9-10,15-17,20,22-24,29-30H,5-8,11-14H2,1-2H3,(H,27,31)/t20-,22+,23+,24+/m1/s1. The van der Waals surface area contributed by atoms with Crippen LogP contribution in [0.1, 0.15) is 51.0 Å². The number of carbonyl (C=O) groups is 2. The van der Waals surface area contributed by atoms with E-state index in [9.17, 15) is 19.8 Å². The second-order valence-electron chi connectivity index (χ2n) is 9.61. The Labute approximate surface area is 200 Å². The lowest BCUT2D eigenvalue weighted by Gasteiger charge is -2.42. The molecule has 1 saturated carbocycles. The highest BCUT2D eigenvalue weighted by Gasteiger charge is 2.50. The summed E-state index contributed by atoms with van der Waals surface area (Å²) in [5.74, 6) is -0.148. The first-order valence-corrected chi connectivity index (χ1v) is 12.4. The van der Waals surface area contributed by atoms with E-state index < -0.39 is 24.2 Å². The summed E-state index contributed by atoms with van der Waals surface area (Å²) in [6.07, 6.45) is 3.54. The molecule has 1 aliphatic heterocycles. The molecule has 8 heteroatoms. The molecule has 8 nitrogen and oxygen atoms in total. The van der Waals surface area contributed by atoms with E-state index in [0.717, 1.165) is 24.8 Å². The van der Waals surface area contributed by atoms with E-state index >= 15 is 0 Å². The van der Waals surface area contributed by atoms with E-state index in [-0.39, 0.29) is 37.0 Å². The van der Waals surface area contributed by atoms with Crippen LogP contribution < -0.4 is 10.1 Å². The molecule has 186 valence electrons. The lowest BCUT2D eigenvalue weighted by atomic mass is 9.76. The first-order chi connectivity index (χ1) is 16.4. The van der Waals surface area contributed by atoms with E-state index in [0.29, 0.717) is 30.9 Å². The maximum Gasteiger partial charge on any atom is 0.247 e.